The molecule has 2 rings (SSSR count). The van der Waals surface area contributed by atoms with Crippen LogP contribution in [0.4, 0.5) is 0 Å². The van der Waals surface area contributed by atoms with Crippen LogP contribution in [-0.2, 0) is 9.84 Å². The summed E-state index contributed by atoms with van der Waals surface area (Å²) in [5, 5.41) is 3.44. The number of piperidine rings is 1. The highest BCUT2D eigenvalue weighted by Gasteiger charge is 2.28. The molecule has 7 heteroatoms. The van der Waals surface area contributed by atoms with Crippen molar-refractivity contribution in [1.29, 1.82) is 0 Å². The SMILES string of the molecule is CC(C)CN=C(NCC1CCS(=O)(=O)C1)N1CCCCC1.I. The molecular formula is C15H30IN3O2S. The van der Waals surface area contributed by atoms with Crippen molar-refractivity contribution in [2.45, 2.75) is 39.5 Å². The van der Waals surface area contributed by atoms with Crippen molar-refractivity contribution in [3.63, 3.8) is 0 Å². The van der Waals surface area contributed by atoms with E-state index < -0.39 is 9.84 Å². The minimum absolute atomic E-state index is 0. The predicted octanol–water partition coefficient (Wildman–Crippen LogP) is 2.13. The van der Waals surface area contributed by atoms with Crippen molar-refractivity contribution in [3.05, 3.63) is 0 Å². The molecule has 2 fully saturated rings. The quantitative estimate of drug-likeness (QED) is 0.411. The van der Waals surface area contributed by atoms with E-state index in [1.807, 2.05) is 0 Å². The Kier molecular flexibility index (Phi) is 8.45. The molecule has 0 bridgehead atoms. The highest BCUT2D eigenvalue weighted by molar-refractivity contribution is 14.0. The van der Waals surface area contributed by atoms with Crippen molar-refractivity contribution >= 4 is 39.8 Å². The highest BCUT2D eigenvalue weighted by atomic mass is 127. The van der Waals surface area contributed by atoms with E-state index in [4.69, 9.17) is 4.99 Å². The van der Waals surface area contributed by atoms with Gasteiger partial charge in [-0.3, -0.25) is 4.99 Å². The molecular weight excluding hydrogens is 413 g/mol. The number of nitrogens with one attached hydrogen (secondary N) is 1. The van der Waals surface area contributed by atoms with Crippen LogP contribution >= 0.6 is 24.0 Å². The lowest BCUT2D eigenvalue weighted by atomic mass is 10.1. The van der Waals surface area contributed by atoms with E-state index in [-0.39, 0.29) is 29.9 Å². The Labute approximate surface area is 152 Å². The van der Waals surface area contributed by atoms with Gasteiger partial charge in [-0.1, -0.05) is 13.8 Å². The molecule has 1 atom stereocenters. The second-order valence-electron chi connectivity index (χ2n) is 6.76. The summed E-state index contributed by atoms with van der Waals surface area (Å²) in [7, 11) is -2.79. The van der Waals surface area contributed by atoms with E-state index in [2.05, 4.69) is 24.1 Å². The molecule has 0 aromatic carbocycles. The third-order valence-corrected chi connectivity index (χ3v) is 5.97. The number of halogens is 1. The van der Waals surface area contributed by atoms with E-state index in [0.29, 0.717) is 17.4 Å². The fourth-order valence-corrected chi connectivity index (χ4v) is 4.77. The van der Waals surface area contributed by atoms with Crippen molar-refractivity contribution in [2.75, 3.05) is 37.7 Å². The van der Waals surface area contributed by atoms with Crippen LogP contribution < -0.4 is 5.32 Å². The number of hydrogen-bond acceptors (Lipinski definition) is 3. The summed E-state index contributed by atoms with van der Waals surface area (Å²) in [4.78, 5) is 7.05. The molecule has 0 aromatic heterocycles. The number of rotatable bonds is 4. The van der Waals surface area contributed by atoms with Gasteiger partial charge in [0.2, 0.25) is 0 Å². The maximum absolute atomic E-state index is 11.5. The largest absolute Gasteiger partial charge is 0.356 e. The number of guanidine groups is 1. The minimum atomic E-state index is -2.79. The van der Waals surface area contributed by atoms with Gasteiger partial charge in [0.05, 0.1) is 11.5 Å². The molecule has 0 amide bonds. The maximum atomic E-state index is 11.5. The Morgan fingerprint density at radius 3 is 2.50 bits per heavy atom. The smallest absolute Gasteiger partial charge is 0.193 e. The summed E-state index contributed by atoms with van der Waals surface area (Å²) >= 11 is 0. The molecule has 2 aliphatic rings. The Morgan fingerprint density at radius 2 is 1.95 bits per heavy atom. The first kappa shape index (κ1) is 20.0. The average Bonchev–Trinajstić information content (AvgIpc) is 2.79. The molecule has 0 spiro atoms. The zero-order chi connectivity index (χ0) is 15.3. The van der Waals surface area contributed by atoms with Gasteiger partial charge in [0, 0.05) is 26.2 Å². The molecule has 0 aromatic rings. The Morgan fingerprint density at radius 1 is 1.27 bits per heavy atom. The first-order chi connectivity index (χ1) is 9.96. The fraction of sp³-hybridized carbons (Fsp3) is 0.933. The first-order valence-corrected chi connectivity index (χ1v) is 10.0. The second-order valence-corrected chi connectivity index (χ2v) is 8.98. The summed E-state index contributed by atoms with van der Waals surface area (Å²) in [6.45, 7) is 8.01. The molecule has 1 unspecified atom stereocenters. The van der Waals surface area contributed by atoms with Gasteiger partial charge in [-0.25, -0.2) is 8.42 Å². The highest BCUT2D eigenvalue weighted by Crippen LogP contribution is 2.17. The van der Waals surface area contributed by atoms with Crippen LogP contribution in [0.1, 0.15) is 39.5 Å². The summed E-state index contributed by atoms with van der Waals surface area (Å²) in [5.41, 5.74) is 0. The number of hydrogen-bond donors (Lipinski definition) is 1. The topological polar surface area (TPSA) is 61.8 Å². The lowest BCUT2D eigenvalue weighted by Gasteiger charge is -2.31. The molecule has 0 aliphatic carbocycles. The summed E-state index contributed by atoms with van der Waals surface area (Å²) < 4.78 is 23.1. The van der Waals surface area contributed by atoms with E-state index in [9.17, 15) is 8.42 Å². The van der Waals surface area contributed by atoms with Gasteiger partial charge in [0.1, 0.15) is 0 Å². The Balaban J connectivity index is 0.00000242. The monoisotopic (exact) mass is 443 g/mol. The van der Waals surface area contributed by atoms with Crippen LogP contribution in [0, 0.1) is 11.8 Å². The third-order valence-electron chi connectivity index (χ3n) is 4.14. The zero-order valence-corrected chi connectivity index (χ0v) is 16.9. The van der Waals surface area contributed by atoms with Crippen LogP contribution in [0.5, 0.6) is 0 Å². The summed E-state index contributed by atoms with van der Waals surface area (Å²) in [6.07, 6.45) is 4.53. The second kappa shape index (κ2) is 9.30. The van der Waals surface area contributed by atoms with Gasteiger partial charge >= 0.3 is 0 Å². The van der Waals surface area contributed by atoms with Crippen molar-refractivity contribution in [2.24, 2.45) is 16.8 Å². The number of aliphatic imine (C=N–C) groups is 1. The molecule has 0 saturated carbocycles. The van der Waals surface area contributed by atoms with Crippen LogP contribution in [0.25, 0.3) is 0 Å². The van der Waals surface area contributed by atoms with Gasteiger partial charge in [-0.05, 0) is 37.5 Å². The third kappa shape index (κ3) is 6.60. The molecule has 2 heterocycles. The van der Waals surface area contributed by atoms with Crippen LogP contribution in [0.15, 0.2) is 4.99 Å². The number of nitrogens with zero attached hydrogens (tertiary/aromatic N) is 2. The van der Waals surface area contributed by atoms with Gasteiger partial charge in [-0.15, -0.1) is 24.0 Å². The first-order valence-electron chi connectivity index (χ1n) is 8.20. The molecule has 1 N–H and O–H groups in total. The summed E-state index contributed by atoms with van der Waals surface area (Å²) in [6, 6.07) is 0. The van der Waals surface area contributed by atoms with Crippen LogP contribution in [0.2, 0.25) is 0 Å². The van der Waals surface area contributed by atoms with Gasteiger partial charge < -0.3 is 10.2 Å². The van der Waals surface area contributed by atoms with Crippen molar-refractivity contribution < 1.29 is 8.42 Å². The molecule has 2 saturated heterocycles. The Bertz CT molecular complexity index is 459. The van der Waals surface area contributed by atoms with E-state index in [1.165, 1.54) is 19.3 Å². The van der Waals surface area contributed by atoms with Gasteiger partial charge in [0.25, 0.3) is 0 Å². The van der Waals surface area contributed by atoms with Crippen LogP contribution in [0.3, 0.4) is 0 Å². The standard InChI is InChI=1S/C15H29N3O2S.HI/c1-13(2)10-16-15(18-7-4-3-5-8-18)17-11-14-6-9-21(19,20)12-14;/h13-14H,3-12H2,1-2H3,(H,16,17);1H. The zero-order valence-electron chi connectivity index (χ0n) is 13.8. The summed E-state index contributed by atoms with van der Waals surface area (Å²) in [5.74, 6) is 2.44. The van der Waals surface area contributed by atoms with Gasteiger partial charge in [-0.2, -0.15) is 0 Å². The number of sulfone groups is 1. The number of likely N-dealkylation sites (tertiary alicyclic amines) is 1. The van der Waals surface area contributed by atoms with Crippen molar-refractivity contribution in [3.8, 4) is 0 Å². The predicted molar refractivity (Wildman–Crippen MR) is 103 cm³/mol. The molecule has 130 valence electrons. The molecule has 22 heavy (non-hydrogen) atoms. The van der Waals surface area contributed by atoms with Gasteiger partial charge in [0.15, 0.2) is 15.8 Å². The lowest BCUT2D eigenvalue weighted by Crippen LogP contribution is -2.46. The molecule has 0 radical (unpaired) electrons. The van der Waals surface area contributed by atoms with Crippen molar-refractivity contribution in [1.82, 2.24) is 10.2 Å². The lowest BCUT2D eigenvalue weighted by molar-refractivity contribution is 0.328. The molecule has 5 nitrogen and oxygen atoms in total. The van der Waals surface area contributed by atoms with E-state index in [1.54, 1.807) is 0 Å². The fourth-order valence-electron chi connectivity index (χ4n) is 2.91. The van der Waals surface area contributed by atoms with Crippen LogP contribution in [-0.4, -0.2) is 57.0 Å². The van der Waals surface area contributed by atoms with E-state index >= 15 is 0 Å². The molecule has 2 aliphatic heterocycles. The normalized spacial score (nSPS) is 25.1. The Hall–Kier alpha value is -0.0500. The average molecular weight is 443 g/mol. The maximum Gasteiger partial charge on any atom is 0.193 e. The minimum Gasteiger partial charge on any atom is -0.356 e. The van der Waals surface area contributed by atoms with E-state index in [0.717, 1.165) is 38.6 Å².